The normalized spacial score (nSPS) is 16.8. The van der Waals surface area contributed by atoms with Gasteiger partial charge in [-0.3, -0.25) is 0 Å². The van der Waals surface area contributed by atoms with E-state index in [0.29, 0.717) is 26.4 Å². The van der Waals surface area contributed by atoms with Gasteiger partial charge in [-0.15, -0.1) is 0 Å². The summed E-state index contributed by atoms with van der Waals surface area (Å²) in [4.78, 5) is 1.74. The number of benzene rings is 2. The molecule has 1 aliphatic heterocycles. The minimum Gasteiger partial charge on any atom is -0.543 e. The van der Waals surface area contributed by atoms with Crippen LogP contribution in [0.4, 0.5) is 0 Å². The summed E-state index contributed by atoms with van der Waals surface area (Å²) >= 11 is 0. The second kappa shape index (κ2) is 14.4. The van der Waals surface area contributed by atoms with Gasteiger partial charge < -0.3 is 18.6 Å². The Balaban J connectivity index is 1.20. The van der Waals surface area contributed by atoms with Crippen molar-refractivity contribution in [1.82, 2.24) is 24.8 Å². The molecule has 44 heavy (non-hydrogen) atoms. The standard InChI is InChI=1S/C34H49N5O4Si/c1-26(42-25-27-13-8-7-9-14-27)18-22-40-20-12-19-38-35-24-30(36-38)33-29-23-28(43-44(5,6)34(2,3)4)16-17-31(29)39(37-33)32-15-10-11-21-41-32/h7-9,13-14,16-17,23-24,26,32H,10-12,15,18-22,25H2,1-6H3/t26-,32?/m1/s1. The predicted molar refractivity (Wildman–Crippen MR) is 176 cm³/mol. The van der Waals surface area contributed by atoms with Crippen LogP contribution in [0, 0.1) is 0 Å². The van der Waals surface area contributed by atoms with Crippen molar-refractivity contribution >= 4 is 19.2 Å². The number of rotatable bonds is 14. The molecule has 0 spiro atoms. The highest BCUT2D eigenvalue weighted by Gasteiger charge is 2.39. The zero-order valence-electron chi connectivity index (χ0n) is 27.3. The lowest BCUT2D eigenvalue weighted by atomic mass is 10.1. The van der Waals surface area contributed by atoms with Crippen LogP contribution < -0.4 is 4.43 Å². The van der Waals surface area contributed by atoms with Gasteiger partial charge in [-0.25, -0.2) is 4.68 Å². The molecule has 0 N–H and O–H groups in total. The van der Waals surface area contributed by atoms with Crippen molar-refractivity contribution in [2.75, 3.05) is 19.8 Å². The molecule has 1 unspecified atom stereocenters. The summed E-state index contributed by atoms with van der Waals surface area (Å²) in [6.07, 6.45) is 6.72. The summed E-state index contributed by atoms with van der Waals surface area (Å²) in [6, 6.07) is 16.6. The molecule has 3 heterocycles. The molecule has 2 aromatic carbocycles. The Morgan fingerprint density at radius 1 is 1.05 bits per heavy atom. The largest absolute Gasteiger partial charge is 0.543 e. The first-order chi connectivity index (χ1) is 21.1. The minimum atomic E-state index is -2.00. The van der Waals surface area contributed by atoms with E-state index in [1.165, 1.54) is 5.56 Å². The second-order valence-electron chi connectivity index (χ2n) is 13.3. The van der Waals surface area contributed by atoms with Crippen LogP contribution in [-0.2, 0) is 27.4 Å². The summed E-state index contributed by atoms with van der Waals surface area (Å²) in [6.45, 7) is 16.8. The number of hydrogen-bond acceptors (Lipinski definition) is 7. The summed E-state index contributed by atoms with van der Waals surface area (Å²) < 4.78 is 26.6. The molecule has 9 nitrogen and oxygen atoms in total. The average molecular weight is 620 g/mol. The van der Waals surface area contributed by atoms with E-state index in [2.05, 4.69) is 76.2 Å². The predicted octanol–water partition coefficient (Wildman–Crippen LogP) is 7.78. The summed E-state index contributed by atoms with van der Waals surface area (Å²) in [5.41, 5.74) is 3.77. The fraction of sp³-hybridized carbons (Fsp3) is 0.559. The van der Waals surface area contributed by atoms with E-state index < -0.39 is 8.32 Å². The van der Waals surface area contributed by atoms with E-state index in [4.69, 9.17) is 28.8 Å². The fourth-order valence-corrected chi connectivity index (χ4v) is 6.05. The molecule has 1 saturated heterocycles. The van der Waals surface area contributed by atoms with Crippen molar-refractivity contribution in [2.24, 2.45) is 0 Å². The van der Waals surface area contributed by atoms with Crippen LogP contribution in [0.2, 0.25) is 18.1 Å². The molecule has 0 radical (unpaired) electrons. The van der Waals surface area contributed by atoms with Gasteiger partial charge in [0.05, 0.1) is 31.0 Å². The smallest absolute Gasteiger partial charge is 0.250 e. The van der Waals surface area contributed by atoms with Gasteiger partial charge in [-0.05, 0) is 80.9 Å². The van der Waals surface area contributed by atoms with Crippen LogP contribution in [0.1, 0.15) is 71.6 Å². The van der Waals surface area contributed by atoms with Crippen LogP contribution in [-0.4, -0.2) is 59.0 Å². The number of hydrogen-bond donors (Lipinski definition) is 0. The Morgan fingerprint density at radius 2 is 1.86 bits per heavy atom. The SMILES string of the molecule is C[C@H](CCOCCCn1ncc(-c2nn(C3CCCCO3)c3ccc(O[Si](C)(C)C(C)(C)C)cc23)n1)OCc1ccccc1. The lowest BCUT2D eigenvalue weighted by molar-refractivity contribution is -0.0365. The van der Waals surface area contributed by atoms with Crippen LogP contribution in [0.15, 0.2) is 54.7 Å². The van der Waals surface area contributed by atoms with Gasteiger partial charge in [-0.2, -0.15) is 20.1 Å². The van der Waals surface area contributed by atoms with Gasteiger partial charge in [0, 0.05) is 25.2 Å². The number of fused-ring (bicyclic) bond motifs is 1. The van der Waals surface area contributed by atoms with Gasteiger partial charge in [0.2, 0.25) is 8.32 Å². The molecular weight excluding hydrogens is 570 g/mol. The van der Waals surface area contributed by atoms with E-state index in [9.17, 15) is 0 Å². The maximum Gasteiger partial charge on any atom is 0.250 e. The lowest BCUT2D eigenvalue weighted by Gasteiger charge is -2.36. The van der Waals surface area contributed by atoms with Crippen molar-refractivity contribution in [2.45, 2.75) is 103 Å². The molecule has 1 aliphatic rings. The molecule has 0 bridgehead atoms. The number of aryl methyl sites for hydroxylation is 1. The first kappa shape index (κ1) is 32.3. The Hall–Kier alpha value is -3.05. The first-order valence-electron chi connectivity index (χ1n) is 16.1. The Labute approximate surface area is 263 Å². The Morgan fingerprint density at radius 3 is 2.61 bits per heavy atom. The van der Waals surface area contributed by atoms with Gasteiger partial charge >= 0.3 is 0 Å². The van der Waals surface area contributed by atoms with Crippen LogP contribution in [0.25, 0.3) is 22.3 Å². The second-order valence-corrected chi connectivity index (χ2v) is 18.1. The van der Waals surface area contributed by atoms with E-state index in [-0.39, 0.29) is 17.4 Å². The van der Waals surface area contributed by atoms with Crippen molar-refractivity contribution in [3.8, 4) is 17.1 Å². The van der Waals surface area contributed by atoms with Crippen LogP contribution >= 0.6 is 0 Å². The zero-order valence-corrected chi connectivity index (χ0v) is 28.3. The molecular formula is C34H49N5O4Si. The van der Waals surface area contributed by atoms with Crippen molar-refractivity contribution in [3.63, 3.8) is 0 Å². The number of aromatic nitrogens is 5. The third-order valence-electron chi connectivity index (χ3n) is 8.76. The summed E-state index contributed by atoms with van der Waals surface area (Å²) in [5, 5.41) is 15.5. The van der Waals surface area contributed by atoms with Gasteiger partial charge in [0.15, 0.2) is 6.23 Å². The number of nitrogens with zero attached hydrogens (tertiary/aromatic N) is 5. The highest BCUT2D eigenvalue weighted by Crippen LogP contribution is 2.39. The monoisotopic (exact) mass is 619 g/mol. The quantitative estimate of drug-likeness (QED) is 0.105. The highest BCUT2D eigenvalue weighted by molar-refractivity contribution is 6.74. The molecule has 5 rings (SSSR count). The Bertz CT molecular complexity index is 1470. The van der Waals surface area contributed by atoms with Gasteiger partial charge in [0.25, 0.3) is 0 Å². The maximum absolute atomic E-state index is 6.67. The molecule has 1 fully saturated rings. The molecule has 238 valence electrons. The van der Waals surface area contributed by atoms with E-state index >= 15 is 0 Å². The zero-order chi connectivity index (χ0) is 31.2. The van der Waals surface area contributed by atoms with E-state index in [1.807, 2.05) is 29.1 Å². The van der Waals surface area contributed by atoms with Gasteiger partial charge in [-0.1, -0.05) is 51.1 Å². The van der Waals surface area contributed by atoms with E-state index in [0.717, 1.165) is 66.8 Å². The van der Waals surface area contributed by atoms with Crippen molar-refractivity contribution in [1.29, 1.82) is 0 Å². The topological polar surface area (TPSA) is 85.5 Å². The molecule has 10 heteroatoms. The maximum atomic E-state index is 6.67. The average Bonchev–Trinajstić information content (AvgIpc) is 3.62. The summed E-state index contributed by atoms with van der Waals surface area (Å²) in [7, 11) is -2.00. The Kier molecular flexibility index (Phi) is 10.6. The van der Waals surface area contributed by atoms with Crippen molar-refractivity contribution < 1.29 is 18.6 Å². The van der Waals surface area contributed by atoms with E-state index in [1.54, 1.807) is 4.80 Å². The van der Waals surface area contributed by atoms with Crippen LogP contribution in [0.3, 0.4) is 0 Å². The third-order valence-corrected chi connectivity index (χ3v) is 13.1. The van der Waals surface area contributed by atoms with Gasteiger partial charge in [0.1, 0.15) is 17.1 Å². The highest BCUT2D eigenvalue weighted by atomic mass is 28.4. The van der Waals surface area contributed by atoms with Crippen LogP contribution in [0.5, 0.6) is 5.75 Å². The lowest BCUT2D eigenvalue weighted by Crippen LogP contribution is -2.43. The molecule has 2 aromatic heterocycles. The molecule has 2 atom stereocenters. The summed E-state index contributed by atoms with van der Waals surface area (Å²) in [5.74, 6) is 0.874. The molecule has 4 aromatic rings. The fourth-order valence-electron chi connectivity index (χ4n) is 5.03. The van der Waals surface area contributed by atoms with Crippen molar-refractivity contribution in [3.05, 3.63) is 60.3 Å². The molecule has 0 saturated carbocycles. The third kappa shape index (κ3) is 8.15. The first-order valence-corrected chi connectivity index (χ1v) is 19.0. The molecule has 0 aliphatic carbocycles. The number of ether oxygens (including phenoxy) is 3. The molecule has 0 amide bonds. The minimum absolute atomic E-state index is 0.0780.